The van der Waals surface area contributed by atoms with Crippen molar-refractivity contribution in [1.29, 1.82) is 5.26 Å². The van der Waals surface area contributed by atoms with Crippen molar-refractivity contribution in [3.05, 3.63) is 452 Å². The average molecular weight is 1920 g/mol. The number of non-ortho nitro benzene ring substituents is 1. The molecule has 0 unspecified atom stereocenters. The first-order chi connectivity index (χ1) is 71.1. The van der Waals surface area contributed by atoms with Crippen LogP contribution in [0.2, 0.25) is 0 Å². The molecule has 0 amide bonds. The average Bonchev–Trinajstić information content (AvgIpc) is 1.58. The molecule has 16 nitrogen and oxygen atoms in total. The third-order valence-electron chi connectivity index (χ3n) is 26.8. The smallest absolute Gasteiger partial charge is 0.270 e. The largest absolute Gasteiger partial charge is 0.309 e. The first-order valence-corrected chi connectivity index (χ1v) is 50.4. The van der Waals surface area contributed by atoms with Gasteiger partial charge in [0.15, 0.2) is 52.4 Å². The van der Waals surface area contributed by atoms with E-state index in [0.29, 0.717) is 63.5 Å². The molecule has 0 saturated carbocycles. The lowest BCUT2D eigenvalue weighted by molar-refractivity contribution is -0.384. The molecule has 10 heterocycles. The molecule has 0 aliphatic heterocycles. The molecule has 10 aromatic heterocycles. The summed E-state index contributed by atoms with van der Waals surface area (Å²) in [6, 6.07) is 152. The summed E-state index contributed by atoms with van der Waals surface area (Å²) in [6.07, 6.45) is 0. The molecule has 0 aliphatic rings. The van der Waals surface area contributed by atoms with Crippen LogP contribution in [-0.4, -0.2) is 63.5 Å². The van der Waals surface area contributed by atoms with E-state index in [4.69, 9.17) is 44.9 Å². The molecule has 0 atom stereocenters. The van der Waals surface area contributed by atoms with Crippen molar-refractivity contribution in [2.75, 3.05) is 0 Å². The Morgan fingerprint density at radius 1 is 0.215 bits per heavy atom. The highest BCUT2D eigenvalue weighted by Crippen LogP contribution is 2.50. The minimum Gasteiger partial charge on any atom is -0.309 e. The van der Waals surface area contributed by atoms with E-state index in [-0.39, 0.29) is 5.69 Å². The van der Waals surface area contributed by atoms with Gasteiger partial charge in [0, 0.05) is 192 Å². The Bertz CT molecular complexity index is 10200. The van der Waals surface area contributed by atoms with Crippen LogP contribution in [0.1, 0.15) is 5.56 Å². The lowest BCUT2D eigenvalue weighted by Gasteiger charge is -2.13. The van der Waals surface area contributed by atoms with Crippen molar-refractivity contribution in [3.63, 3.8) is 0 Å². The Morgan fingerprint density at radius 2 is 0.458 bits per heavy atom. The number of aromatic nitrogens is 12. The number of nitrogens with zero attached hydrogens (tertiary/aromatic N) is 14. The number of fused-ring (bicyclic) bond motifs is 21. The molecule has 0 fully saturated rings. The maximum Gasteiger partial charge on any atom is 0.270 e. The maximum atomic E-state index is 11.7. The Hall–Kier alpha value is -18.6. The molecule has 144 heavy (non-hydrogen) atoms. The molecule has 29 rings (SSSR count). The molecule has 29 aromatic rings. The standard InChI is InChI=1S/C45H26N4S2.C40H23N5S.C39H23N5O2S/c1-2-13-27(14-3-1)43-46-44(34-20-12-19-33-31-17-6-10-23-39(31)50-41(33)34)48-45(47-43)36-26-28(25-35-32-18-7-11-24-40(32)51-42(35)36)49-37-21-8-4-15-29(37)30-16-5-9-22-38(30)49;41-24-25-11-10-14-27(21-25)39-42-38(26-12-2-1-3-13-26)43-40(44-39)33-23-28(22-32-31-17-6-9-20-36(31)46-37(32)33)45-34-18-7-4-15-29(34)30-16-5-8-19-35(30)45;45-44(46)26-14-10-13-25(21-26)38-40-37(24-11-2-1-3-12-24)41-39(42-38)32-23-27(22-31-30-17-6-9-20-35(30)47-36(31)32)43-33-18-7-4-15-28(33)29-16-5-8-19-34(29)43/h1-26H;1-23H;1-23H. The first kappa shape index (κ1) is 84.6. The van der Waals surface area contributed by atoms with Crippen LogP contribution in [0.15, 0.2) is 437 Å². The van der Waals surface area contributed by atoms with Crippen molar-refractivity contribution in [1.82, 2.24) is 58.6 Å². The first-order valence-electron chi connectivity index (χ1n) is 47.1. The predicted molar refractivity (Wildman–Crippen MR) is 594 cm³/mol. The summed E-state index contributed by atoms with van der Waals surface area (Å²) in [5, 5.41) is 38.1. The zero-order valence-electron chi connectivity index (χ0n) is 76.3. The second-order valence-electron chi connectivity index (χ2n) is 35.3. The molecule has 0 bridgehead atoms. The van der Waals surface area contributed by atoms with Crippen LogP contribution in [0, 0.1) is 21.4 Å². The van der Waals surface area contributed by atoms with Crippen LogP contribution >= 0.6 is 45.3 Å². The van der Waals surface area contributed by atoms with Gasteiger partial charge in [-0.3, -0.25) is 10.1 Å². The summed E-state index contributed by atoms with van der Waals surface area (Å²) in [5.74, 6) is 5.05. The number of nitriles is 1. The summed E-state index contributed by atoms with van der Waals surface area (Å²) < 4.78 is 16.4. The van der Waals surface area contributed by atoms with Crippen LogP contribution in [0.5, 0.6) is 0 Å². The van der Waals surface area contributed by atoms with Gasteiger partial charge in [0.1, 0.15) is 0 Å². The summed E-state index contributed by atoms with van der Waals surface area (Å²) in [7, 11) is 0. The molecule has 0 aliphatic carbocycles. The highest BCUT2D eigenvalue weighted by molar-refractivity contribution is 7.27. The number of rotatable bonds is 13. The van der Waals surface area contributed by atoms with Gasteiger partial charge in [0.05, 0.1) is 49.7 Å². The maximum absolute atomic E-state index is 11.7. The highest BCUT2D eigenvalue weighted by atomic mass is 32.1. The van der Waals surface area contributed by atoms with Gasteiger partial charge in [-0.05, 0) is 115 Å². The van der Waals surface area contributed by atoms with Gasteiger partial charge >= 0.3 is 0 Å². The third kappa shape index (κ3) is 14.6. The van der Waals surface area contributed by atoms with Gasteiger partial charge in [-0.25, -0.2) is 44.9 Å². The fraction of sp³-hybridized carbons (Fsp3) is 0. The lowest BCUT2D eigenvalue weighted by atomic mass is 10.1. The topological polar surface area (TPSA) is 198 Å². The molecule has 674 valence electrons. The minimum atomic E-state index is -0.403. The second kappa shape index (κ2) is 35.1. The SMILES string of the molecule is N#Cc1cccc(-c2nc(-c3ccccc3)nc(-c3cc(-n4c5ccccc5c5ccccc54)cc4c3sc3ccccc34)n2)c1.O=[N+]([O-])c1cccc(-c2nc(-c3ccccc3)nc(-c3cc(-n4c5ccccc5c5ccccc54)cc4c3sc3ccccc34)n2)c1.c1ccc(-c2nc(-c3cccc4c3sc3ccccc34)nc(-c3cc(-n4c5ccccc5c5ccccc54)cc4c3sc3ccccc34)n2)cc1. The Labute approximate surface area is 837 Å². The number of benzene rings is 19. The molecule has 19 aromatic carbocycles. The fourth-order valence-electron chi connectivity index (χ4n) is 20.3. The van der Waals surface area contributed by atoms with Crippen molar-refractivity contribution >= 4 is 197 Å². The minimum absolute atomic E-state index is 0.0222. The van der Waals surface area contributed by atoms with E-state index in [1.807, 2.05) is 97.1 Å². The van der Waals surface area contributed by atoms with Gasteiger partial charge in [-0.2, -0.15) is 5.26 Å². The summed E-state index contributed by atoms with van der Waals surface area (Å²) in [5.41, 5.74) is 18.3. The van der Waals surface area contributed by atoms with E-state index >= 15 is 0 Å². The Morgan fingerprint density at radius 3 is 0.792 bits per heavy atom. The molecule has 0 saturated heterocycles. The van der Waals surface area contributed by atoms with Gasteiger partial charge in [0.2, 0.25) is 0 Å². The monoisotopic (exact) mass is 1920 g/mol. The fourth-order valence-corrected chi connectivity index (χ4v) is 25.1. The van der Waals surface area contributed by atoms with Crippen LogP contribution in [0.3, 0.4) is 0 Å². The van der Waals surface area contributed by atoms with Crippen LogP contribution in [0.4, 0.5) is 5.69 Å². The molecular weight excluding hydrogens is 1850 g/mol. The zero-order valence-corrected chi connectivity index (χ0v) is 79.5. The van der Waals surface area contributed by atoms with Crippen molar-refractivity contribution in [2.24, 2.45) is 0 Å². The Balaban J connectivity index is 0.000000108. The highest BCUT2D eigenvalue weighted by Gasteiger charge is 2.28. The summed E-state index contributed by atoms with van der Waals surface area (Å²) in [6.45, 7) is 0. The zero-order chi connectivity index (χ0) is 95.6. The van der Waals surface area contributed by atoms with E-state index in [1.165, 1.54) is 106 Å². The van der Waals surface area contributed by atoms with E-state index in [2.05, 4.69) is 329 Å². The quantitative estimate of drug-likeness (QED) is 0.0783. The second-order valence-corrected chi connectivity index (χ2v) is 39.5. The van der Waals surface area contributed by atoms with Crippen molar-refractivity contribution < 1.29 is 4.92 Å². The van der Waals surface area contributed by atoms with Crippen LogP contribution in [-0.2, 0) is 0 Å². The number of hydrogen-bond acceptors (Lipinski definition) is 16. The number of hydrogen-bond donors (Lipinski definition) is 0. The number of nitro benzene ring substituents is 1. The normalized spacial score (nSPS) is 11.7. The van der Waals surface area contributed by atoms with Gasteiger partial charge in [0.25, 0.3) is 5.69 Å². The molecule has 20 heteroatoms. The van der Waals surface area contributed by atoms with E-state index in [0.717, 1.165) is 114 Å². The lowest BCUT2D eigenvalue weighted by Crippen LogP contribution is -2.02. The Kier molecular flexibility index (Phi) is 20.6. The molecular formula is C124H72N14O2S4. The van der Waals surface area contributed by atoms with Gasteiger partial charge in [-0.1, -0.05) is 309 Å². The van der Waals surface area contributed by atoms with Crippen molar-refractivity contribution in [3.8, 4) is 126 Å². The van der Waals surface area contributed by atoms with Gasteiger partial charge < -0.3 is 13.7 Å². The van der Waals surface area contributed by atoms with E-state index < -0.39 is 4.92 Å². The van der Waals surface area contributed by atoms with Gasteiger partial charge in [-0.15, -0.1) is 45.3 Å². The van der Waals surface area contributed by atoms with E-state index in [9.17, 15) is 15.4 Å². The number of thiophene rings is 4. The number of nitro groups is 1. The third-order valence-corrected chi connectivity index (χ3v) is 31.7. The van der Waals surface area contributed by atoms with Crippen molar-refractivity contribution in [2.45, 2.75) is 0 Å². The number of para-hydroxylation sites is 6. The van der Waals surface area contributed by atoms with Crippen LogP contribution in [0.25, 0.3) is 266 Å². The molecule has 0 spiro atoms. The van der Waals surface area contributed by atoms with Crippen LogP contribution < -0.4 is 0 Å². The summed E-state index contributed by atoms with van der Waals surface area (Å²) in [4.78, 5) is 57.2. The predicted octanol–water partition coefficient (Wildman–Crippen LogP) is 33.2. The summed E-state index contributed by atoms with van der Waals surface area (Å²) >= 11 is 7.05. The molecule has 0 N–H and O–H groups in total. The molecule has 0 radical (unpaired) electrons. The van der Waals surface area contributed by atoms with E-state index in [1.54, 1.807) is 63.5 Å².